The van der Waals surface area contributed by atoms with Crippen molar-refractivity contribution in [3.8, 4) is 0 Å². The number of unbranched alkanes of at least 4 members (excludes halogenated alkanes) is 1. The van der Waals surface area contributed by atoms with Crippen molar-refractivity contribution in [3.63, 3.8) is 0 Å². The second-order valence-electron chi connectivity index (χ2n) is 6.23. The number of aryl methyl sites for hydroxylation is 1. The van der Waals surface area contributed by atoms with Crippen LogP contribution < -0.4 is 16.2 Å². The van der Waals surface area contributed by atoms with E-state index in [1.807, 2.05) is 32.0 Å². The molecule has 3 N–H and O–H groups in total. The molecule has 1 heterocycles. The number of ether oxygens (including phenoxy) is 1. The van der Waals surface area contributed by atoms with Crippen LogP contribution in [-0.4, -0.2) is 42.4 Å². The van der Waals surface area contributed by atoms with Gasteiger partial charge in [-0.25, -0.2) is 5.10 Å². The van der Waals surface area contributed by atoms with E-state index >= 15 is 0 Å². The molecule has 1 aromatic carbocycles. The Morgan fingerprint density at radius 2 is 2.04 bits per heavy atom. The number of hydrogen-bond acceptors (Lipinski definition) is 5. The number of nitrogens with one attached hydrogen (secondary N) is 3. The molecule has 2 aromatic rings. The molecule has 1 aromatic heterocycles. The number of amides is 1. The minimum Gasteiger partial charge on any atom is -0.382 e. The van der Waals surface area contributed by atoms with E-state index in [0.29, 0.717) is 37.3 Å². The third-order valence-corrected chi connectivity index (χ3v) is 4.06. The van der Waals surface area contributed by atoms with Gasteiger partial charge >= 0.3 is 0 Å². The third-order valence-electron chi connectivity index (χ3n) is 4.06. The molecular formula is C19H28N4O3. The minimum absolute atomic E-state index is 0.0738. The predicted octanol–water partition coefficient (Wildman–Crippen LogP) is 2.36. The standard InChI is InChI=1S/C19H28N4O3/c1-3-26-12-5-4-7-17(24)20-10-6-11-21-18-16-13-14(2)8-9-15(16)19(25)23-22-18/h8-9,13H,3-7,10-12H2,1-2H3,(H,20,24)(H,21,22)(H,23,25). The van der Waals surface area contributed by atoms with Gasteiger partial charge in [0.15, 0.2) is 5.82 Å². The number of nitrogens with zero attached hydrogens (tertiary/aromatic N) is 1. The number of rotatable bonds is 11. The van der Waals surface area contributed by atoms with Crippen LogP contribution in [0.5, 0.6) is 0 Å². The summed E-state index contributed by atoms with van der Waals surface area (Å²) in [5, 5.41) is 14.2. The maximum absolute atomic E-state index is 11.8. The van der Waals surface area contributed by atoms with E-state index in [9.17, 15) is 9.59 Å². The molecular weight excluding hydrogens is 332 g/mol. The van der Waals surface area contributed by atoms with Crippen LogP contribution in [0, 0.1) is 6.92 Å². The van der Waals surface area contributed by atoms with E-state index in [4.69, 9.17) is 4.74 Å². The molecule has 0 unspecified atom stereocenters. The molecule has 0 saturated carbocycles. The molecule has 7 heteroatoms. The van der Waals surface area contributed by atoms with Crippen LogP contribution in [0.4, 0.5) is 5.82 Å². The summed E-state index contributed by atoms with van der Waals surface area (Å²) in [6.07, 6.45) is 3.06. The molecule has 0 atom stereocenters. The van der Waals surface area contributed by atoms with E-state index < -0.39 is 0 Å². The zero-order valence-corrected chi connectivity index (χ0v) is 15.6. The Morgan fingerprint density at radius 1 is 1.19 bits per heavy atom. The summed E-state index contributed by atoms with van der Waals surface area (Å²) in [6.45, 7) is 6.65. The van der Waals surface area contributed by atoms with Crippen LogP contribution >= 0.6 is 0 Å². The number of aromatic nitrogens is 2. The number of aromatic amines is 1. The summed E-state index contributed by atoms with van der Waals surface area (Å²) < 4.78 is 5.25. The van der Waals surface area contributed by atoms with E-state index in [-0.39, 0.29) is 11.5 Å². The van der Waals surface area contributed by atoms with Crippen molar-refractivity contribution in [2.24, 2.45) is 0 Å². The Morgan fingerprint density at radius 3 is 2.85 bits per heavy atom. The molecule has 0 aliphatic rings. The third kappa shape index (κ3) is 6.15. The number of carbonyl (C=O) groups excluding carboxylic acids is 1. The van der Waals surface area contributed by atoms with Crippen LogP contribution in [-0.2, 0) is 9.53 Å². The molecule has 7 nitrogen and oxygen atoms in total. The van der Waals surface area contributed by atoms with Gasteiger partial charge in [-0.1, -0.05) is 11.6 Å². The van der Waals surface area contributed by atoms with E-state index in [0.717, 1.165) is 36.8 Å². The number of H-pyrrole nitrogens is 1. The SMILES string of the molecule is CCOCCCCC(=O)NCCCNc1n[nH]c(=O)c2ccc(C)cc12. The molecule has 0 radical (unpaired) electrons. The van der Waals surface area contributed by atoms with Crippen LogP contribution in [0.3, 0.4) is 0 Å². The van der Waals surface area contributed by atoms with Gasteiger partial charge < -0.3 is 15.4 Å². The number of benzene rings is 1. The Balaban J connectivity index is 1.71. The van der Waals surface area contributed by atoms with Gasteiger partial charge in [0.1, 0.15) is 0 Å². The maximum Gasteiger partial charge on any atom is 0.272 e. The summed E-state index contributed by atoms with van der Waals surface area (Å²) in [5.74, 6) is 0.732. The van der Waals surface area contributed by atoms with Crippen molar-refractivity contribution in [3.05, 3.63) is 34.1 Å². The number of fused-ring (bicyclic) bond motifs is 1. The van der Waals surface area contributed by atoms with E-state index in [2.05, 4.69) is 20.8 Å². The Hall–Kier alpha value is -2.41. The van der Waals surface area contributed by atoms with Gasteiger partial charge in [0, 0.05) is 38.1 Å². The van der Waals surface area contributed by atoms with Gasteiger partial charge in [-0.15, -0.1) is 0 Å². The van der Waals surface area contributed by atoms with Gasteiger partial charge in [-0.2, -0.15) is 5.10 Å². The minimum atomic E-state index is -0.192. The first-order valence-corrected chi connectivity index (χ1v) is 9.19. The zero-order chi connectivity index (χ0) is 18.8. The fourth-order valence-electron chi connectivity index (χ4n) is 2.66. The van der Waals surface area contributed by atoms with Gasteiger partial charge in [-0.05, 0) is 45.2 Å². The van der Waals surface area contributed by atoms with Crippen LogP contribution in [0.15, 0.2) is 23.0 Å². The lowest BCUT2D eigenvalue weighted by molar-refractivity contribution is -0.121. The van der Waals surface area contributed by atoms with Crippen LogP contribution in [0.25, 0.3) is 10.8 Å². The largest absolute Gasteiger partial charge is 0.382 e. The van der Waals surface area contributed by atoms with Crippen LogP contribution in [0.2, 0.25) is 0 Å². The number of carbonyl (C=O) groups is 1. The number of hydrogen-bond donors (Lipinski definition) is 3. The fraction of sp³-hybridized carbons (Fsp3) is 0.526. The highest BCUT2D eigenvalue weighted by Crippen LogP contribution is 2.18. The lowest BCUT2D eigenvalue weighted by Crippen LogP contribution is -2.25. The zero-order valence-electron chi connectivity index (χ0n) is 15.6. The molecule has 142 valence electrons. The topological polar surface area (TPSA) is 96.1 Å². The molecule has 0 aliphatic carbocycles. The van der Waals surface area contributed by atoms with Crippen molar-refractivity contribution < 1.29 is 9.53 Å². The van der Waals surface area contributed by atoms with Gasteiger partial charge in [0.05, 0.1) is 5.39 Å². The summed E-state index contributed by atoms with van der Waals surface area (Å²) in [5.41, 5.74) is 0.881. The van der Waals surface area contributed by atoms with Gasteiger partial charge in [0.2, 0.25) is 5.91 Å². The molecule has 1 amide bonds. The highest BCUT2D eigenvalue weighted by molar-refractivity contribution is 5.91. The lowest BCUT2D eigenvalue weighted by atomic mass is 10.1. The first-order valence-electron chi connectivity index (χ1n) is 9.19. The maximum atomic E-state index is 11.8. The van der Waals surface area contributed by atoms with Crippen molar-refractivity contribution in [2.45, 2.75) is 39.5 Å². The highest BCUT2D eigenvalue weighted by Gasteiger charge is 2.06. The number of anilines is 1. The Bertz CT molecular complexity index is 773. The fourth-order valence-corrected chi connectivity index (χ4v) is 2.66. The monoisotopic (exact) mass is 360 g/mol. The Kier molecular flexibility index (Phi) is 8.08. The lowest BCUT2D eigenvalue weighted by Gasteiger charge is -2.09. The van der Waals surface area contributed by atoms with E-state index in [1.54, 1.807) is 0 Å². The molecule has 0 fully saturated rings. The molecule has 2 rings (SSSR count). The van der Waals surface area contributed by atoms with Gasteiger partial charge in [-0.3, -0.25) is 9.59 Å². The molecule has 0 aliphatic heterocycles. The van der Waals surface area contributed by atoms with Crippen LogP contribution in [0.1, 0.15) is 38.2 Å². The van der Waals surface area contributed by atoms with Crippen molar-refractivity contribution >= 4 is 22.5 Å². The average Bonchev–Trinajstić information content (AvgIpc) is 2.63. The first kappa shape index (κ1) is 19.9. The summed E-state index contributed by atoms with van der Waals surface area (Å²) in [6, 6.07) is 5.66. The molecule has 0 spiro atoms. The normalized spacial score (nSPS) is 10.8. The summed E-state index contributed by atoms with van der Waals surface area (Å²) >= 11 is 0. The highest BCUT2D eigenvalue weighted by atomic mass is 16.5. The first-order chi connectivity index (χ1) is 12.6. The predicted molar refractivity (Wildman–Crippen MR) is 104 cm³/mol. The average molecular weight is 360 g/mol. The van der Waals surface area contributed by atoms with Gasteiger partial charge in [0.25, 0.3) is 5.56 Å². The van der Waals surface area contributed by atoms with E-state index in [1.165, 1.54) is 0 Å². The molecule has 26 heavy (non-hydrogen) atoms. The second-order valence-corrected chi connectivity index (χ2v) is 6.23. The summed E-state index contributed by atoms with van der Waals surface area (Å²) in [7, 11) is 0. The molecule has 0 bridgehead atoms. The van der Waals surface area contributed by atoms with Crippen molar-refractivity contribution in [1.29, 1.82) is 0 Å². The molecule has 0 saturated heterocycles. The van der Waals surface area contributed by atoms with Crippen molar-refractivity contribution in [1.82, 2.24) is 15.5 Å². The quantitative estimate of drug-likeness (QED) is 0.535. The second kappa shape index (κ2) is 10.6. The smallest absolute Gasteiger partial charge is 0.272 e. The van der Waals surface area contributed by atoms with Crippen molar-refractivity contribution in [2.75, 3.05) is 31.6 Å². The summed E-state index contributed by atoms with van der Waals surface area (Å²) in [4.78, 5) is 23.6. The Labute approximate surface area is 153 Å².